The van der Waals surface area contributed by atoms with Crippen molar-refractivity contribution in [2.75, 3.05) is 5.32 Å². The molecule has 3 rings (SSSR count). The van der Waals surface area contributed by atoms with Crippen LogP contribution in [0.2, 0.25) is 0 Å². The second-order valence-electron chi connectivity index (χ2n) is 6.99. The van der Waals surface area contributed by atoms with Crippen LogP contribution >= 0.6 is 0 Å². The van der Waals surface area contributed by atoms with Crippen molar-refractivity contribution < 1.29 is 9.18 Å². The molecular formula is C23H24FN3O. The normalized spacial score (nSPS) is 14.5. The third-order valence-corrected chi connectivity index (χ3v) is 5.08. The van der Waals surface area contributed by atoms with Crippen molar-refractivity contribution >= 4 is 11.6 Å². The third-order valence-electron chi connectivity index (χ3n) is 5.08. The molecule has 2 N–H and O–H groups in total. The third kappa shape index (κ3) is 4.77. The molecule has 0 heterocycles. The van der Waals surface area contributed by atoms with E-state index in [1.807, 2.05) is 6.07 Å². The molecule has 1 amide bonds. The minimum atomic E-state index is -0.526. The first-order chi connectivity index (χ1) is 13.6. The summed E-state index contributed by atoms with van der Waals surface area (Å²) in [4.78, 5) is 12.3. The first kappa shape index (κ1) is 19.6. The Hall–Kier alpha value is -3.13. The Labute approximate surface area is 165 Å². The highest BCUT2D eigenvalue weighted by atomic mass is 19.1. The first-order valence-electron chi connectivity index (χ1n) is 9.65. The molecular weight excluding hydrogens is 353 g/mol. The number of benzene rings is 2. The average Bonchev–Trinajstić information content (AvgIpc) is 2.72. The summed E-state index contributed by atoms with van der Waals surface area (Å²) in [7, 11) is 0. The number of hydrogen-bond acceptors (Lipinski definition) is 3. The molecule has 0 radical (unpaired) electrons. The van der Waals surface area contributed by atoms with Crippen LogP contribution in [0.15, 0.2) is 54.2 Å². The van der Waals surface area contributed by atoms with Gasteiger partial charge in [0.05, 0.1) is 6.04 Å². The number of fused-ring (bicyclic) bond motifs is 1. The van der Waals surface area contributed by atoms with Crippen LogP contribution in [0.1, 0.15) is 48.9 Å². The van der Waals surface area contributed by atoms with Crippen molar-refractivity contribution in [3.63, 3.8) is 0 Å². The van der Waals surface area contributed by atoms with E-state index in [4.69, 9.17) is 0 Å². The van der Waals surface area contributed by atoms with Gasteiger partial charge >= 0.3 is 0 Å². The highest BCUT2D eigenvalue weighted by Gasteiger charge is 2.15. The minimum Gasteiger partial charge on any atom is -0.383 e. The van der Waals surface area contributed by atoms with Gasteiger partial charge in [0.15, 0.2) is 0 Å². The SMILES string of the molecule is CCC(N/C=C(/C#N)C(=O)Nc1ccc(F)cc1)c1ccc2c(c1)CCCC2. The number of hydrogen-bond donors (Lipinski definition) is 2. The van der Waals surface area contributed by atoms with Crippen LogP contribution in [0.3, 0.4) is 0 Å². The predicted octanol–water partition coefficient (Wildman–Crippen LogP) is 4.79. The van der Waals surface area contributed by atoms with Gasteiger partial charge in [-0.2, -0.15) is 5.26 Å². The number of halogens is 1. The van der Waals surface area contributed by atoms with E-state index in [0.29, 0.717) is 5.69 Å². The van der Waals surface area contributed by atoms with Gasteiger partial charge in [-0.25, -0.2) is 4.39 Å². The molecule has 0 saturated carbocycles. The van der Waals surface area contributed by atoms with E-state index in [1.165, 1.54) is 54.4 Å². The van der Waals surface area contributed by atoms with E-state index in [2.05, 4.69) is 35.8 Å². The summed E-state index contributed by atoms with van der Waals surface area (Å²) in [5.41, 5.74) is 4.41. The van der Waals surface area contributed by atoms with Crippen molar-refractivity contribution in [2.45, 2.75) is 45.1 Å². The number of nitrogens with one attached hydrogen (secondary N) is 2. The summed E-state index contributed by atoms with van der Waals surface area (Å²) in [5.74, 6) is -0.909. The Balaban J connectivity index is 1.70. The Kier molecular flexibility index (Phi) is 6.44. The number of nitriles is 1. The van der Waals surface area contributed by atoms with Gasteiger partial charge in [0.1, 0.15) is 17.5 Å². The summed E-state index contributed by atoms with van der Waals surface area (Å²) in [6, 6.07) is 13.9. The number of anilines is 1. The number of amides is 1. The summed E-state index contributed by atoms with van der Waals surface area (Å²) < 4.78 is 13.0. The number of nitrogens with zero attached hydrogens (tertiary/aromatic N) is 1. The van der Waals surface area contributed by atoms with Gasteiger partial charge in [0.2, 0.25) is 0 Å². The highest BCUT2D eigenvalue weighted by Crippen LogP contribution is 2.26. The average molecular weight is 377 g/mol. The van der Waals surface area contributed by atoms with E-state index in [9.17, 15) is 14.4 Å². The lowest BCUT2D eigenvalue weighted by atomic mass is 9.89. The molecule has 1 atom stereocenters. The van der Waals surface area contributed by atoms with Crippen molar-refractivity contribution in [3.05, 3.63) is 76.7 Å². The van der Waals surface area contributed by atoms with E-state index in [-0.39, 0.29) is 17.4 Å². The zero-order chi connectivity index (χ0) is 19.9. The van der Waals surface area contributed by atoms with Crippen LogP contribution < -0.4 is 10.6 Å². The summed E-state index contributed by atoms with van der Waals surface area (Å²) in [6.45, 7) is 2.07. The predicted molar refractivity (Wildman–Crippen MR) is 108 cm³/mol. The number of aryl methyl sites for hydroxylation is 2. The second-order valence-corrected chi connectivity index (χ2v) is 6.99. The van der Waals surface area contributed by atoms with E-state index in [1.54, 1.807) is 0 Å². The Morgan fingerprint density at radius 1 is 1.18 bits per heavy atom. The van der Waals surface area contributed by atoms with Gasteiger partial charge in [0.25, 0.3) is 5.91 Å². The molecule has 0 saturated heterocycles. The topological polar surface area (TPSA) is 64.9 Å². The lowest BCUT2D eigenvalue weighted by Crippen LogP contribution is -2.20. The molecule has 0 aromatic heterocycles. The molecule has 2 aromatic carbocycles. The van der Waals surface area contributed by atoms with Crippen LogP contribution in [-0.4, -0.2) is 5.91 Å². The molecule has 0 bridgehead atoms. The maximum atomic E-state index is 13.0. The molecule has 0 fully saturated rings. The summed E-state index contributed by atoms with van der Waals surface area (Å²) >= 11 is 0. The molecule has 1 aliphatic rings. The second kappa shape index (κ2) is 9.18. The summed E-state index contributed by atoms with van der Waals surface area (Å²) in [6.07, 6.45) is 7.02. The Bertz CT molecular complexity index is 912. The molecule has 4 nitrogen and oxygen atoms in total. The van der Waals surface area contributed by atoms with E-state index in [0.717, 1.165) is 24.8 Å². The molecule has 28 heavy (non-hydrogen) atoms. The standard InChI is InChI=1S/C23H24FN3O/c1-2-22(18-8-7-16-5-3-4-6-17(16)13-18)26-15-19(14-25)23(28)27-21-11-9-20(24)10-12-21/h7-13,15,22,26H,2-6H2,1H3,(H,27,28)/b19-15-. The minimum absolute atomic E-state index is 0.0224. The lowest BCUT2D eigenvalue weighted by molar-refractivity contribution is -0.112. The maximum absolute atomic E-state index is 13.0. The number of carbonyl (C=O) groups is 1. The molecule has 2 aromatic rings. The van der Waals surface area contributed by atoms with Gasteiger partial charge in [-0.15, -0.1) is 0 Å². The van der Waals surface area contributed by atoms with Crippen LogP contribution in [0.5, 0.6) is 0 Å². The van der Waals surface area contributed by atoms with Crippen LogP contribution in [0, 0.1) is 17.1 Å². The van der Waals surface area contributed by atoms with Crippen LogP contribution in [0.4, 0.5) is 10.1 Å². The van der Waals surface area contributed by atoms with E-state index < -0.39 is 5.91 Å². The quantitative estimate of drug-likeness (QED) is 0.562. The fourth-order valence-corrected chi connectivity index (χ4v) is 3.48. The summed E-state index contributed by atoms with van der Waals surface area (Å²) in [5, 5.41) is 15.2. The van der Waals surface area contributed by atoms with Gasteiger partial charge in [-0.3, -0.25) is 4.79 Å². The molecule has 5 heteroatoms. The monoisotopic (exact) mass is 377 g/mol. The molecule has 1 unspecified atom stereocenters. The Morgan fingerprint density at radius 2 is 1.89 bits per heavy atom. The first-order valence-corrected chi connectivity index (χ1v) is 9.65. The van der Waals surface area contributed by atoms with Gasteiger partial charge < -0.3 is 10.6 Å². The lowest BCUT2D eigenvalue weighted by Gasteiger charge is -2.21. The Morgan fingerprint density at radius 3 is 2.57 bits per heavy atom. The van der Waals surface area contributed by atoms with E-state index >= 15 is 0 Å². The number of carbonyl (C=O) groups excluding carboxylic acids is 1. The molecule has 0 aliphatic heterocycles. The van der Waals surface area contributed by atoms with Gasteiger partial charge in [-0.1, -0.05) is 25.1 Å². The molecule has 144 valence electrons. The van der Waals surface area contributed by atoms with Crippen molar-refractivity contribution in [1.82, 2.24) is 5.32 Å². The highest BCUT2D eigenvalue weighted by molar-refractivity contribution is 6.06. The molecule has 0 spiro atoms. The van der Waals surface area contributed by atoms with Gasteiger partial charge in [0, 0.05) is 11.9 Å². The maximum Gasteiger partial charge on any atom is 0.267 e. The largest absolute Gasteiger partial charge is 0.383 e. The van der Waals surface area contributed by atoms with Crippen molar-refractivity contribution in [1.29, 1.82) is 5.26 Å². The van der Waals surface area contributed by atoms with Crippen molar-refractivity contribution in [2.24, 2.45) is 0 Å². The number of rotatable bonds is 6. The van der Waals surface area contributed by atoms with Crippen LogP contribution in [-0.2, 0) is 17.6 Å². The van der Waals surface area contributed by atoms with Crippen molar-refractivity contribution in [3.8, 4) is 6.07 Å². The fourth-order valence-electron chi connectivity index (χ4n) is 3.48. The zero-order valence-electron chi connectivity index (χ0n) is 16.0. The molecule has 1 aliphatic carbocycles. The smallest absolute Gasteiger partial charge is 0.267 e. The zero-order valence-corrected chi connectivity index (χ0v) is 16.0. The van der Waals surface area contributed by atoms with Crippen LogP contribution in [0.25, 0.3) is 0 Å². The fraction of sp³-hybridized carbons (Fsp3) is 0.304. The van der Waals surface area contributed by atoms with Gasteiger partial charge in [-0.05, 0) is 73.1 Å².